The molecule has 0 saturated carbocycles. The van der Waals surface area contributed by atoms with Crippen molar-refractivity contribution in [3.8, 4) is 0 Å². The fourth-order valence-corrected chi connectivity index (χ4v) is 1.44. The fourth-order valence-electron chi connectivity index (χ4n) is 1.44. The normalized spacial score (nSPS) is 17.8. The molecule has 16 heavy (non-hydrogen) atoms. The predicted molar refractivity (Wildman–Crippen MR) is 64.4 cm³/mol. The second-order valence-electron chi connectivity index (χ2n) is 3.47. The van der Waals surface area contributed by atoms with E-state index in [0.29, 0.717) is 13.2 Å². The summed E-state index contributed by atoms with van der Waals surface area (Å²) >= 11 is 0. The molecule has 0 unspecified atom stereocenters. The van der Waals surface area contributed by atoms with Crippen molar-refractivity contribution in [2.45, 2.75) is 6.42 Å². The lowest BCUT2D eigenvalue weighted by Crippen LogP contribution is -1.93. The maximum Gasteiger partial charge on any atom is 0.227 e. The highest BCUT2D eigenvalue weighted by atomic mass is 16.7. The zero-order valence-corrected chi connectivity index (χ0v) is 9.13. The summed E-state index contributed by atoms with van der Waals surface area (Å²) in [6.07, 6.45) is 9.58. The van der Waals surface area contributed by atoms with Gasteiger partial charge in [0.25, 0.3) is 0 Å². The van der Waals surface area contributed by atoms with Gasteiger partial charge in [-0.25, -0.2) is 0 Å². The van der Waals surface area contributed by atoms with Gasteiger partial charge in [0.1, 0.15) is 0 Å². The third-order valence-corrected chi connectivity index (χ3v) is 2.23. The molecule has 1 aliphatic heterocycles. The van der Waals surface area contributed by atoms with E-state index in [9.17, 15) is 0 Å². The van der Waals surface area contributed by atoms with Crippen molar-refractivity contribution < 1.29 is 9.47 Å². The van der Waals surface area contributed by atoms with Gasteiger partial charge in [0, 0.05) is 6.42 Å². The van der Waals surface area contributed by atoms with Gasteiger partial charge in [-0.2, -0.15) is 0 Å². The number of rotatable bonds is 4. The average Bonchev–Trinajstić information content (AvgIpc) is 2.83. The molecule has 1 radical (unpaired) electrons. The first-order valence-corrected chi connectivity index (χ1v) is 5.45. The SMILES string of the molecule is C(C=Cc1ccccc1)=CC[C]1OCCO1. The van der Waals surface area contributed by atoms with Crippen molar-refractivity contribution in [1.29, 1.82) is 0 Å². The van der Waals surface area contributed by atoms with Gasteiger partial charge in [-0.3, -0.25) is 0 Å². The van der Waals surface area contributed by atoms with Crippen LogP contribution in [0.2, 0.25) is 0 Å². The van der Waals surface area contributed by atoms with Gasteiger partial charge in [0.2, 0.25) is 6.29 Å². The van der Waals surface area contributed by atoms with Gasteiger partial charge < -0.3 is 9.47 Å². The summed E-state index contributed by atoms with van der Waals surface area (Å²) in [7, 11) is 0. The predicted octanol–water partition coefficient (Wildman–Crippen LogP) is 3.18. The van der Waals surface area contributed by atoms with E-state index in [-0.39, 0.29) is 0 Å². The van der Waals surface area contributed by atoms with Crippen LogP contribution in [0.3, 0.4) is 0 Å². The average molecular weight is 215 g/mol. The molecule has 0 N–H and O–H groups in total. The van der Waals surface area contributed by atoms with Crippen LogP contribution in [0, 0.1) is 6.29 Å². The minimum Gasteiger partial charge on any atom is -0.343 e. The summed E-state index contributed by atoms with van der Waals surface area (Å²) in [5.41, 5.74) is 1.20. The molecule has 0 aliphatic carbocycles. The van der Waals surface area contributed by atoms with Crippen molar-refractivity contribution in [3.05, 3.63) is 60.4 Å². The van der Waals surface area contributed by atoms with E-state index >= 15 is 0 Å². The highest BCUT2D eigenvalue weighted by molar-refractivity contribution is 5.50. The lowest BCUT2D eigenvalue weighted by atomic mass is 10.2. The molecule has 1 aromatic rings. The second-order valence-corrected chi connectivity index (χ2v) is 3.47. The van der Waals surface area contributed by atoms with Crippen LogP contribution in [0.15, 0.2) is 48.6 Å². The van der Waals surface area contributed by atoms with Crippen LogP contribution in [0.1, 0.15) is 12.0 Å². The standard InChI is InChI=1S/C14H15O2/c1-3-7-13(8-4-1)9-5-2-6-10-14-15-11-12-16-14/h1-9H,10-12H2. The molecule has 1 aliphatic rings. The zero-order valence-electron chi connectivity index (χ0n) is 9.13. The number of hydrogen-bond donors (Lipinski definition) is 0. The summed E-state index contributed by atoms with van der Waals surface area (Å²) in [5, 5.41) is 0. The van der Waals surface area contributed by atoms with Gasteiger partial charge in [0.05, 0.1) is 13.2 Å². The Balaban J connectivity index is 1.74. The van der Waals surface area contributed by atoms with Crippen molar-refractivity contribution in [2.75, 3.05) is 13.2 Å². The van der Waals surface area contributed by atoms with Gasteiger partial charge in [-0.15, -0.1) is 0 Å². The third kappa shape index (κ3) is 3.65. The summed E-state index contributed by atoms with van der Waals surface area (Å²) < 4.78 is 10.5. The smallest absolute Gasteiger partial charge is 0.227 e. The highest BCUT2D eigenvalue weighted by Crippen LogP contribution is 2.16. The Bertz CT molecular complexity index is 348. The first-order chi connectivity index (χ1) is 7.95. The zero-order chi connectivity index (χ0) is 11.1. The Kier molecular flexibility index (Phi) is 4.35. The number of benzene rings is 1. The van der Waals surface area contributed by atoms with E-state index in [1.165, 1.54) is 5.56 Å². The quantitative estimate of drug-likeness (QED) is 0.718. The van der Waals surface area contributed by atoms with Crippen molar-refractivity contribution in [3.63, 3.8) is 0 Å². The summed E-state index contributed by atoms with van der Waals surface area (Å²) in [5.74, 6) is 0. The van der Waals surface area contributed by atoms with Crippen molar-refractivity contribution >= 4 is 6.08 Å². The van der Waals surface area contributed by atoms with Crippen LogP contribution >= 0.6 is 0 Å². The summed E-state index contributed by atoms with van der Waals surface area (Å²) in [6.45, 7) is 1.37. The van der Waals surface area contributed by atoms with Crippen LogP contribution in [0.25, 0.3) is 6.08 Å². The minimum atomic E-state index is 0.684. The van der Waals surface area contributed by atoms with E-state index in [4.69, 9.17) is 9.47 Å². The number of ether oxygens (including phenoxy) is 2. The minimum absolute atomic E-state index is 0.684. The van der Waals surface area contributed by atoms with Crippen LogP contribution in [0.4, 0.5) is 0 Å². The second kappa shape index (κ2) is 6.26. The van der Waals surface area contributed by atoms with E-state index in [1.54, 1.807) is 0 Å². The molecule has 2 nitrogen and oxygen atoms in total. The van der Waals surface area contributed by atoms with Gasteiger partial charge in [-0.05, 0) is 5.56 Å². The molecule has 0 bridgehead atoms. The molecular weight excluding hydrogens is 200 g/mol. The molecule has 0 spiro atoms. The van der Waals surface area contributed by atoms with Crippen LogP contribution in [-0.2, 0) is 9.47 Å². The molecule has 1 fully saturated rings. The van der Waals surface area contributed by atoms with Gasteiger partial charge in [0.15, 0.2) is 0 Å². The lowest BCUT2D eigenvalue weighted by molar-refractivity contribution is 0.0735. The Morgan fingerprint density at radius 1 is 1.00 bits per heavy atom. The van der Waals surface area contributed by atoms with Crippen LogP contribution in [0.5, 0.6) is 0 Å². The molecule has 0 amide bonds. The molecule has 1 heterocycles. The Morgan fingerprint density at radius 3 is 2.50 bits per heavy atom. The van der Waals surface area contributed by atoms with Gasteiger partial charge >= 0.3 is 0 Å². The Morgan fingerprint density at radius 2 is 1.75 bits per heavy atom. The van der Waals surface area contributed by atoms with Crippen molar-refractivity contribution in [1.82, 2.24) is 0 Å². The lowest BCUT2D eigenvalue weighted by Gasteiger charge is -2.00. The van der Waals surface area contributed by atoms with E-state index in [0.717, 1.165) is 12.7 Å². The van der Waals surface area contributed by atoms with Crippen LogP contribution in [-0.4, -0.2) is 13.2 Å². The Labute approximate surface area is 96.2 Å². The maximum absolute atomic E-state index is 5.24. The van der Waals surface area contributed by atoms with E-state index in [1.807, 2.05) is 36.4 Å². The molecule has 1 saturated heterocycles. The monoisotopic (exact) mass is 215 g/mol. The number of hydrogen-bond acceptors (Lipinski definition) is 2. The van der Waals surface area contributed by atoms with Gasteiger partial charge in [-0.1, -0.05) is 54.6 Å². The molecule has 83 valence electrons. The summed E-state index contributed by atoms with van der Waals surface area (Å²) in [6, 6.07) is 10.2. The topological polar surface area (TPSA) is 18.5 Å². The van der Waals surface area contributed by atoms with E-state index < -0.39 is 0 Å². The molecule has 1 aromatic carbocycles. The molecule has 2 heteroatoms. The largest absolute Gasteiger partial charge is 0.343 e. The first kappa shape index (κ1) is 11.1. The fraction of sp³-hybridized carbons (Fsp3) is 0.214. The van der Waals surface area contributed by atoms with E-state index in [2.05, 4.69) is 18.2 Å². The maximum atomic E-state index is 5.24. The Hall–Kier alpha value is -1.38. The first-order valence-electron chi connectivity index (χ1n) is 5.45. The molecule has 0 aromatic heterocycles. The third-order valence-electron chi connectivity index (χ3n) is 2.23. The van der Waals surface area contributed by atoms with Crippen LogP contribution < -0.4 is 0 Å². The van der Waals surface area contributed by atoms with Crippen molar-refractivity contribution in [2.24, 2.45) is 0 Å². The highest BCUT2D eigenvalue weighted by Gasteiger charge is 2.15. The molecular formula is C14H15O2. The summed E-state index contributed by atoms with van der Waals surface area (Å²) in [4.78, 5) is 0. The molecule has 0 atom stereocenters. The number of allylic oxidation sites excluding steroid dienone is 2. The molecule has 2 rings (SSSR count).